The molecule has 2 heterocycles. The van der Waals surface area contributed by atoms with Crippen LogP contribution in [0, 0.1) is 17.2 Å². The molecule has 0 aromatic heterocycles. The van der Waals surface area contributed by atoms with Gasteiger partial charge < -0.3 is 20.3 Å². The molecule has 2 aliphatic heterocycles. The Morgan fingerprint density at radius 3 is 2.37 bits per heavy atom. The molecule has 3 fully saturated rings. The normalized spacial score (nSPS) is 24.4. The molecule has 54 heavy (non-hydrogen) atoms. The highest BCUT2D eigenvalue weighted by Crippen LogP contribution is 2.47. The molecule has 1 saturated heterocycles. The summed E-state index contributed by atoms with van der Waals surface area (Å²) in [6, 6.07) is 4.41. The summed E-state index contributed by atoms with van der Waals surface area (Å²) in [7, 11) is -3.96. The van der Waals surface area contributed by atoms with E-state index in [1.165, 1.54) is 4.90 Å². The number of fused-ring (bicyclic) bond motifs is 1. The van der Waals surface area contributed by atoms with Gasteiger partial charge in [-0.05, 0) is 66.0 Å². The van der Waals surface area contributed by atoms with E-state index in [9.17, 15) is 45.2 Å². The number of nitrogens with zero attached hydrogens (tertiary/aromatic N) is 2. The Hall–Kier alpha value is -4.12. The lowest BCUT2D eigenvalue weighted by Gasteiger charge is -2.36. The lowest BCUT2D eigenvalue weighted by atomic mass is 9.85. The lowest BCUT2D eigenvalue weighted by molar-refractivity contribution is -0.141. The number of hydrogen-bond donors (Lipinski definition) is 3. The maximum atomic E-state index is 14.5. The number of amides is 4. The molecule has 5 atom stereocenters. The van der Waals surface area contributed by atoms with Crippen LogP contribution in [-0.4, -0.2) is 77.6 Å². The number of nitrogens with one attached hydrogen (secondary N) is 3. The number of halogens is 5. The summed E-state index contributed by atoms with van der Waals surface area (Å²) >= 11 is 6.32. The Morgan fingerprint density at radius 2 is 1.78 bits per heavy atom. The zero-order chi connectivity index (χ0) is 39.5. The molecule has 2 aliphatic carbocycles. The molecule has 4 amide bonds. The fourth-order valence-electron chi connectivity index (χ4n) is 7.22. The van der Waals surface area contributed by atoms with E-state index < -0.39 is 91.7 Å². The highest BCUT2D eigenvalue weighted by Gasteiger charge is 2.62. The summed E-state index contributed by atoms with van der Waals surface area (Å²) in [5.41, 5.74) is -2.63. The van der Waals surface area contributed by atoms with Gasteiger partial charge in [0.1, 0.15) is 29.5 Å². The zero-order valence-corrected chi connectivity index (χ0v) is 31.6. The number of anilines is 1. The van der Waals surface area contributed by atoms with Gasteiger partial charge in [-0.3, -0.25) is 24.0 Å². The smallest absolute Gasteiger partial charge is 0.416 e. The predicted octanol–water partition coefficient (Wildman–Crippen LogP) is 5.34. The molecule has 294 valence electrons. The van der Waals surface area contributed by atoms with Gasteiger partial charge in [0.2, 0.25) is 21.8 Å². The first-order chi connectivity index (χ1) is 25.1. The molecule has 0 bridgehead atoms. The number of carbonyl (C=O) groups is 4. The molecule has 6 rings (SSSR count). The van der Waals surface area contributed by atoms with Crippen molar-refractivity contribution in [3.63, 3.8) is 0 Å². The minimum absolute atomic E-state index is 0.145. The second-order valence-electron chi connectivity index (χ2n) is 15.6. The van der Waals surface area contributed by atoms with E-state index in [0.29, 0.717) is 36.4 Å². The SMILES string of the molecule is CC[C@@H]1C[C@]1(NC(=O)[C@@H]1CC(OC(=O)N2Cc3cccc(Cl)c3C2)CN1C(=O)[C@@H](Nc1cc(F)cc(C(F)(F)F)c1)C(C)(C)C)C(=O)NS(=O)(=O)C1CC1. The first-order valence-electron chi connectivity index (χ1n) is 17.7. The van der Waals surface area contributed by atoms with Crippen molar-refractivity contribution in [3.8, 4) is 0 Å². The van der Waals surface area contributed by atoms with E-state index in [1.54, 1.807) is 39.8 Å². The molecule has 2 aromatic rings. The van der Waals surface area contributed by atoms with Crippen LogP contribution < -0.4 is 15.4 Å². The summed E-state index contributed by atoms with van der Waals surface area (Å²) in [6.45, 7) is 6.72. The number of rotatable bonds is 10. The van der Waals surface area contributed by atoms with Crippen molar-refractivity contribution >= 4 is 51.1 Å². The van der Waals surface area contributed by atoms with E-state index in [1.807, 2.05) is 6.07 Å². The Balaban J connectivity index is 1.27. The molecular weight excluding hydrogens is 758 g/mol. The van der Waals surface area contributed by atoms with Crippen molar-refractivity contribution < 1.29 is 49.9 Å². The molecule has 12 nitrogen and oxygen atoms in total. The van der Waals surface area contributed by atoms with Crippen LogP contribution in [0.5, 0.6) is 0 Å². The van der Waals surface area contributed by atoms with Gasteiger partial charge in [0.15, 0.2) is 0 Å². The van der Waals surface area contributed by atoms with Crippen molar-refractivity contribution in [1.29, 1.82) is 0 Å². The summed E-state index contributed by atoms with van der Waals surface area (Å²) < 4.78 is 88.4. The van der Waals surface area contributed by atoms with Gasteiger partial charge in [-0.1, -0.05) is 57.8 Å². The summed E-state index contributed by atoms with van der Waals surface area (Å²) in [4.78, 5) is 58.1. The molecule has 0 radical (unpaired) electrons. The average molecular weight is 800 g/mol. The van der Waals surface area contributed by atoms with Gasteiger partial charge in [0.25, 0.3) is 5.91 Å². The molecular formula is C36H42ClF4N5O7S. The van der Waals surface area contributed by atoms with Gasteiger partial charge in [-0.25, -0.2) is 17.6 Å². The van der Waals surface area contributed by atoms with Gasteiger partial charge in [-0.15, -0.1) is 0 Å². The molecule has 1 unspecified atom stereocenters. The van der Waals surface area contributed by atoms with E-state index >= 15 is 0 Å². The second-order valence-corrected chi connectivity index (χ2v) is 18.0. The van der Waals surface area contributed by atoms with E-state index in [2.05, 4.69) is 15.4 Å². The topological polar surface area (TPSA) is 154 Å². The standard InChI is InChI=1S/C36H42ClF4N5O7S/c1-5-20-15-35(20,32(49)44-54(51,52)25-9-10-25)43-30(47)28-14-24(53-33(50)45-16-19-7-6-8-27(37)26(19)18-45)17-46(28)31(48)29(34(2,3)4)42-23-12-21(36(39,40)41)11-22(38)13-23/h6-8,11-13,20,24-25,28-29,42H,5,9-10,14-18H2,1-4H3,(H,43,47)(H,44,49)/t20-,24?,28+,29-,35-/m1/s1. The summed E-state index contributed by atoms with van der Waals surface area (Å²) in [5.74, 6) is -4.06. The van der Waals surface area contributed by atoms with E-state index in [0.717, 1.165) is 22.1 Å². The van der Waals surface area contributed by atoms with Crippen LogP contribution in [0.15, 0.2) is 36.4 Å². The van der Waals surface area contributed by atoms with Crippen LogP contribution in [-0.2, 0) is 48.4 Å². The first-order valence-corrected chi connectivity index (χ1v) is 19.6. The highest BCUT2D eigenvalue weighted by atomic mass is 35.5. The van der Waals surface area contributed by atoms with Crippen molar-refractivity contribution in [2.24, 2.45) is 11.3 Å². The van der Waals surface area contributed by atoms with Gasteiger partial charge in [0, 0.05) is 23.7 Å². The number of benzene rings is 2. The largest absolute Gasteiger partial charge is 0.444 e. The van der Waals surface area contributed by atoms with Crippen LogP contribution in [0.25, 0.3) is 0 Å². The van der Waals surface area contributed by atoms with E-state index in [4.69, 9.17) is 16.3 Å². The summed E-state index contributed by atoms with van der Waals surface area (Å²) in [5, 5.41) is 5.23. The van der Waals surface area contributed by atoms with E-state index in [-0.39, 0.29) is 38.2 Å². The maximum absolute atomic E-state index is 14.5. The third-order valence-electron chi connectivity index (χ3n) is 10.5. The minimum Gasteiger partial charge on any atom is -0.444 e. The van der Waals surface area contributed by atoms with Crippen molar-refractivity contribution in [1.82, 2.24) is 19.8 Å². The van der Waals surface area contributed by atoms with Crippen LogP contribution in [0.3, 0.4) is 0 Å². The molecule has 2 saturated carbocycles. The Kier molecular flexibility index (Phi) is 10.4. The molecule has 3 N–H and O–H groups in total. The molecule has 4 aliphatic rings. The number of alkyl halides is 3. The average Bonchev–Trinajstić information content (AvgIpc) is 3.96. The molecule has 0 spiro atoms. The maximum Gasteiger partial charge on any atom is 0.416 e. The van der Waals surface area contributed by atoms with Crippen LogP contribution in [0.1, 0.15) is 76.5 Å². The van der Waals surface area contributed by atoms with Crippen LogP contribution >= 0.6 is 11.6 Å². The second kappa shape index (κ2) is 14.2. The number of sulfonamides is 1. The number of likely N-dealkylation sites (tertiary alicyclic amines) is 1. The van der Waals surface area contributed by atoms with Gasteiger partial charge >= 0.3 is 12.3 Å². The van der Waals surface area contributed by atoms with Crippen molar-refractivity contribution in [2.75, 3.05) is 11.9 Å². The highest BCUT2D eigenvalue weighted by molar-refractivity contribution is 7.91. The molecule has 18 heteroatoms. The number of hydrogen-bond acceptors (Lipinski definition) is 8. The first kappa shape index (κ1) is 39.6. The lowest BCUT2D eigenvalue weighted by Crippen LogP contribution is -2.58. The summed E-state index contributed by atoms with van der Waals surface area (Å²) in [6.07, 6.45) is -5.48. The van der Waals surface area contributed by atoms with Crippen LogP contribution in [0.2, 0.25) is 5.02 Å². The Morgan fingerprint density at radius 1 is 1.07 bits per heavy atom. The third-order valence-corrected chi connectivity index (χ3v) is 12.7. The van der Waals surface area contributed by atoms with Crippen LogP contribution in [0.4, 0.5) is 28.0 Å². The van der Waals surface area contributed by atoms with Gasteiger partial charge in [0.05, 0.1) is 23.9 Å². The Bertz CT molecular complexity index is 1970. The third kappa shape index (κ3) is 8.11. The van der Waals surface area contributed by atoms with Gasteiger partial charge in [-0.2, -0.15) is 13.2 Å². The van der Waals surface area contributed by atoms with Crippen molar-refractivity contribution in [2.45, 2.75) is 108 Å². The minimum atomic E-state index is -4.88. The zero-order valence-electron chi connectivity index (χ0n) is 30.1. The fraction of sp³-hybridized carbons (Fsp3) is 0.556. The fourth-order valence-corrected chi connectivity index (χ4v) is 8.83. The number of carbonyl (C=O) groups excluding carboxylic acids is 4. The quantitative estimate of drug-likeness (QED) is 0.273. The Labute approximate surface area is 315 Å². The van der Waals surface area contributed by atoms with Crippen molar-refractivity contribution in [3.05, 3.63) is 63.9 Å². The molecule has 2 aromatic carbocycles. The number of ether oxygens (including phenoxy) is 1. The predicted molar refractivity (Wildman–Crippen MR) is 189 cm³/mol. The monoisotopic (exact) mass is 799 g/mol.